The first kappa shape index (κ1) is 26.8. The summed E-state index contributed by atoms with van der Waals surface area (Å²) in [5.74, 6) is 0. The summed E-state index contributed by atoms with van der Waals surface area (Å²) in [5, 5.41) is 7.64. The van der Waals surface area contributed by atoms with Crippen LogP contribution in [0.15, 0.2) is 60.7 Å². The summed E-state index contributed by atoms with van der Waals surface area (Å²) in [6.45, 7) is 12.7. The summed E-state index contributed by atoms with van der Waals surface area (Å²) in [6.07, 6.45) is -1.24. The zero-order chi connectivity index (χ0) is 25.7. The molecule has 0 spiro atoms. The molecule has 2 atom stereocenters. The van der Waals surface area contributed by atoms with E-state index in [0.29, 0.717) is 13.0 Å². The van der Waals surface area contributed by atoms with Crippen molar-refractivity contribution in [2.75, 3.05) is 13.1 Å². The molecule has 8 heteroatoms. The van der Waals surface area contributed by atoms with Gasteiger partial charge in [-0.3, -0.25) is 0 Å². The van der Waals surface area contributed by atoms with Crippen LogP contribution in [-0.4, -0.2) is 51.4 Å². The summed E-state index contributed by atoms with van der Waals surface area (Å²) in [5.41, 5.74) is -0.608. The lowest BCUT2D eigenvalue weighted by Gasteiger charge is -2.45. The van der Waals surface area contributed by atoms with Crippen molar-refractivity contribution in [2.45, 2.75) is 70.8 Å². The van der Waals surface area contributed by atoms with E-state index in [1.807, 2.05) is 57.2 Å². The van der Waals surface area contributed by atoms with E-state index in [0.717, 1.165) is 10.4 Å². The second kappa shape index (κ2) is 10.8. The van der Waals surface area contributed by atoms with Gasteiger partial charge >= 0.3 is 12.2 Å². The molecule has 1 saturated heterocycles. The maximum Gasteiger partial charge on any atom is 0.407 e. The number of cyclic esters (lactones) is 1. The average molecular weight is 499 g/mol. The van der Waals surface area contributed by atoms with Crippen molar-refractivity contribution in [2.24, 2.45) is 0 Å². The Kier molecular flexibility index (Phi) is 8.28. The molecular weight excluding hydrogens is 460 g/mol. The number of hydrogen-bond donors (Lipinski definition) is 2. The van der Waals surface area contributed by atoms with E-state index < -0.39 is 32.2 Å². The number of ether oxygens (including phenoxy) is 2. The Morgan fingerprint density at radius 3 is 2.00 bits per heavy atom. The largest absolute Gasteiger partial charge is 0.444 e. The van der Waals surface area contributed by atoms with E-state index in [1.54, 1.807) is 0 Å². The van der Waals surface area contributed by atoms with Crippen LogP contribution >= 0.6 is 0 Å². The van der Waals surface area contributed by atoms with Gasteiger partial charge in [0.25, 0.3) is 8.32 Å². The SMILES string of the molecule is CC(C)(C)OC(=O)NCC(CC1CNC(=O)O1)O[Si](c1ccccc1)(c1ccccc1)C(C)(C)C. The van der Waals surface area contributed by atoms with Gasteiger partial charge in [0.15, 0.2) is 0 Å². The number of hydrogen-bond acceptors (Lipinski definition) is 5. The molecule has 2 aromatic rings. The summed E-state index contributed by atoms with van der Waals surface area (Å²) in [7, 11) is -2.87. The molecule has 2 aromatic carbocycles. The highest BCUT2D eigenvalue weighted by atomic mass is 28.4. The fourth-order valence-electron chi connectivity index (χ4n) is 4.48. The number of alkyl carbamates (subject to hydrolysis) is 2. The second-order valence-electron chi connectivity index (χ2n) is 10.9. The Hall–Kier alpha value is -2.84. The van der Waals surface area contributed by atoms with Crippen molar-refractivity contribution < 1.29 is 23.5 Å². The summed E-state index contributed by atoms with van der Waals surface area (Å²) in [6, 6.07) is 20.6. The predicted molar refractivity (Wildman–Crippen MR) is 140 cm³/mol. The maximum absolute atomic E-state index is 12.5. The molecule has 0 aromatic heterocycles. The molecular formula is C27H38N2O5Si. The zero-order valence-corrected chi connectivity index (χ0v) is 22.6. The highest BCUT2D eigenvalue weighted by molar-refractivity contribution is 6.99. The van der Waals surface area contributed by atoms with E-state index in [2.05, 4.69) is 55.7 Å². The topological polar surface area (TPSA) is 85.9 Å². The van der Waals surface area contributed by atoms with Crippen LogP contribution in [-0.2, 0) is 13.9 Å². The van der Waals surface area contributed by atoms with Gasteiger partial charge < -0.3 is 24.5 Å². The molecule has 0 radical (unpaired) electrons. The lowest BCUT2D eigenvalue weighted by atomic mass is 10.1. The van der Waals surface area contributed by atoms with Crippen LogP contribution in [0, 0.1) is 0 Å². The average Bonchev–Trinajstić information content (AvgIpc) is 3.19. The predicted octanol–water partition coefficient (Wildman–Crippen LogP) is 3.95. The van der Waals surface area contributed by atoms with Gasteiger partial charge in [-0.05, 0) is 36.2 Å². The van der Waals surface area contributed by atoms with E-state index >= 15 is 0 Å². The lowest BCUT2D eigenvalue weighted by molar-refractivity contribution is 0.0466. The van der Waals surface area contributed by atoms with Crippen molar-refractivity contribution in [1.82, 2.24) is 10.6 Å². The van der Waals surface area contributed by atoms with E-state index in [4.69, 9.17) is 13.9 Å². The molecule has 3 rings (SSSR count). The Labute approximate surface area is 209 Å². The summed E-state index contributed by atoms with van der Waals surface area (Å²) in [4.78, 5) is 24.2. The number of benzene rings is 2. The highest BCUT2D eigenvalue weighted by Crippen LogP contribution is 2.38. The standard InChI is InChI=1S/C27H38N2O5Si/c1-26(2,3)33-25(31)29-19-21(17-20-18-28-24(30)32-20)34-35(27(4,5)6,22-13-9-7-10-14-22)23-15-11-8-12-16-23/h7-16,20-21H,17-19H2,1-6H3,(H,28,30)(H,29,31). The molecule has 2 unspecified atom stereocenters. The highest BCUT2D eigenvalue weighted by Gasteiger charge is 2.51. The quantitative estimate of drug-likeness (QED) is 0.538. The van der Waals surface area contributed by atoms with Crippen molar-refractivity contribution in [3.8, 4) is 0 Å². The van der Waals surface area contributed by atoms with Crippen LogP contribution < -0.4 is 21.0 Å². The molecule has 1 heterocycles. The Morgan fingerprint density at radius 2 is 1.57 bits per heavy atom. The molecule has 1 fully saturated rings. The molecule has 1 aliphatic rings. The fraction of sp³-hybridized carbons (Fsp3) is 0.481. The van der Waals surface area contributed by atoms with Crippen LogP contribution in [0.3, 0.4) is 0 Å². The first-order chi connectivity index (χ1) is 16.4. The Morgan fingerprint density at radius 1 is 1.03 bits per heavy atom. The number of nitrogens with one attached hydrogen (secondary N) is 2. The number of carbonyl (C=O) groups is 2. The normalized spacial score (nSPS) is 17.3. The van der Waals surface area contributed by atoms with E-state index in [1.165, 1.54) is 0 Å². The molecule has 0 aliphatic carbocycles. The van der Waals surface area contributed by atoms with Crippen molar-refractivity contribution in [1.29, 1.82) is 0 Å². The smallest absolute Gasteiger partial charge is 0.407 e. The molecule has 2 amide bonds. The zero-order valence-electron chi connectivity index (χ0n) is 21.6. The first-order valence-corrected chi connectivity index (χ1v) is 14.0. The molecule has 7 nitrogen and oxygen atoms in total. The molecule has 2 N–H and O–H groups in total. The van der Waals surface area contributed by atoms with Crippen LogP contribution in [0.5, 0.6) is 0 Å². The van der Waals surface area contributed by atoms with Crippen LogP contribution in [0.25, 0.3) is 0 Å². The Balaban J connectivity index is 1.99. The van der Waals surface area contributed by atoms with Gasteiger partial charge in [-0.25, -0.2) is 9.59 Å². The van der Waals surface area contributed by atoms with Crippen molar-refractivity contribution in [3.05, 3.63) is 60.7 Å². The maximum atomic E-state index is 12.5. The van der Waals surface area contributed by atoms with Crippen molar-refractivity contribution >= 4 is 30.9 Å². The van der Waals surface area contributed by atoms with Gasteiger partial charge in [-0.2, -0.15) is 0 Å². The van der Waals surface area contributed by atoms with E-state index in [9.17, 15) is 9.59 Å². The third kappa shape index (κ3) is 6.86. The van der Waals surface area contributed by atoms with Crippen LogP contribution in [0.2, 0.25) is 5.04 Å². The van der Waals surface area contributed by atoms with Gasteiger partial charge in [0.05, 0.1) is 12.6 Å². The third-order valence-corrected chi connectivity index (χ3v) is 11.0. The monoisotopic (exact) mass is 498 g/mol. The van der Waals surface area contributed by atoms with Crippen molar-refractivity contribution in [3.63, 3.8) is 0 Å². The molecule has 0 bridgehead atoms. The minimum atomic E-state index is -2.87. The molecule has 1 aliphatic heterocycles. The van der Waals surface area contributed by atoms with Gasteiger partial charge in [0.2, 0.25) is 0 Å². The first-order valence-electron chi connectivity index (χ1n) is 12.1. The van der Waals surface area contributed by atoms with Gasteiger partial charge in [-0.15, -0.1) is 0 Å². The second-order valence-corrected chi connectivity index (χ2v) is 15.2. The molecule has 0 saturated carbocycles. The fourth-order valence-corrected chi connectivity index (χ4v) is 9.18. The lowest BCUT2D eigenvalue weighted by Crippen LogP contribution is -2.68. The number of rotatable bonds is 8. The van der Waals surface area contributed by atoms with Gasteiger partial charge in [0, 0.05) is 13.0 Å². The minimum Gasteiger partial charge on any atom is -0.444 e. The summed E-state index contributed by atoms with van der Waals surface area (Å²) < 4.78 is 18.1. The van der Waals surface area contributed by atoms with Gasteiger partial charge in [-0.1, -0.05) is 81.4 Å². The molecule has 35 heavy (non-hydrogen) atoms. The van der Waals surface area contributed by atoms with Crippen LogP contribution in [0.4, 0.5) is 9.59 Å². The number of amides is 2. The third-order valence-electron chi connectivity index (χ3n) is 5.91. The number of carbonyl (C=O) groups excluding carboxylic acids is 2. The Bertz CT molecular complexity index is 947. The van der Waals surface area contributed by atoms with Crippen LogP contribution in [0.1, 0.15) is 48.0 Å². The minimum absolute atomic E-state index is 0.230. The van der Waals surface area contributed by atoms with E-state index in [-0.39, 0.29) is 17.7 Å². The summed E-state index contributed by atoms with van der Waals surface area (Å²) >= 11 is 0. The molecule has 190 valence electrons. The van der Waals surface area contributed by atoms with Gasteiger partial charge in [0.1, 0.15) is 11.7 Å².